The van der Waals surface area contributed by atoms with E-state index in [1.54, 1.807) is 0 Å². The SMILES string of the molecule is COc1c(F)cc(N)c(F)c1OC. The molecule has 0 fully saturated rings. The van der Waals surface area contributed by atoms with E-state index in [9.17, 15) is 8.78 Å². The van der Waals surface area contributed by atoms with Crippen LogP contribution in [0.5, 0.6) is 11.5 Å². The molecule has 0 radical (unpaired) electrons. The number of nitrogens with two attached hydrogens (primary N) is 1. The highest BCUT2D eigenvalue weighted by atomic mass is 19.1. The van der Waals surface area contributed by atoms with Crippen LogP contribution in [0.3, 0.4) is 0 Å². The highest BCUT2D eigenvalue weighted by molar-refractivity contribution is 5.54. The Bertz CT molecular complexity index is 328. The Morgan fingerprint density at radius 3 is 2.15 bits per heavy atom. The fraction of sp³-hybridized carbons (Fsp3) is 0.250. The third-order valence-corrected chi connectivity index (χ3v) is 1.57. The van der Waals surface area contributed by atoms with Gasteiger partial charge in [0.05, 0.1) is 19.9 Å². The average Bonchev–Trinajstić information content (AvgIpc) is 2.10. The van der Waals surface area contributed by atoms with E-state index < -0.39 is 11.6 Å². The number of hydrogen-bond donors (Lipinski definition) is 1. The van der Waals surface area contributed by atoms with Gasteiger partial charge in [-0.2, -0.15) is 0 Å². The summed E-state index contributed by atoms with van der Waals surface area (Å²) in [7, 11) is 2.43. The summed E-state index contributed by atoms with van der Waals surface area (Å²) in [4.78, 5) is 0. The van der Waals surface area contributed by atoms with Gasteiger partial charge in [-0.3, -0.25) is 0 Å². The van der Waals surface area contributed by atoms with Gasteiger partial charge in [0.2, 0.25) is 5.75 Å². The van der Waals surface area contributed by atoms with Crippen LogP contribution in [0.15, 0.2) is 6.07 Å². The summed E-state index contributed by atoms with van der Waals surface area (Å²) in [5.41, 5.74) is 4.86. The Hall–Kier alpha value is -1.52. The van der Waals surface area contributed by atoms with Crippen molar-refractivity contribution >= 4 is 5.69 Å². The van der Waals surface area contributed by atoms with Crippen molar-refractivity contribution in [2.45, 2.75) is 0 Å². The summed E-state index contributed by atoms with van der Waals surface area (Å²) in [5, 5.41) is 0. The molecule has 13 heavy (non-hydrogen) atoms. The molecule has 0 aliphatic carbocycles. The summed E-state index contributed by atoms with van der Waals surface area (Å²) in [6.45, 7) is 0. The van der Waals surface area contributed by atoms with Crippen molar-refractivity contribution in [1.29, 1.82) is 0 Å². The average molecular weight is 189 g/mol. The number of rotatable bonds is 2. The van der Waals surface area contributed by atoms with Crippen molar-refractivity contribution in [3.8, 4) is 11.5 Å². The first-order valence-electron chi connectivity index (χ1n) is 3.47. The van der Waals surface area contributed by atoms with Crippen LogP contribution in [0.2, 0.25) is 0 Å². The number of nitrogen functional groups attached to an aromatic ring is 1. The zero-order valence-electron chi connectivity index (χ0n) is 7.23. The lowest BCUT2D eigenvalue weighted by Crippen LogP contribution is -2.00. The van der Waals surface area contributed by atoms with E-state index in [-0.39, 0.29) is 17.2 Å². The predicted octanol–water partition coefficient (Wildman–Crippen LogP) is 1.56. The molecular weight excluding hydrogens is 180 g/mol. The fourth-order valence-electron chi connectivity index (χ4n) is 0.977. The summed E-state index contributed by atoms with van der Waals surface area (Å²) in [5.74, 6) is -2.17. The molecule has 1 aromatic carbocycles. The number of anilines is 1. The third kappa shape index (κ3) is 1.49. The highest BCUT2D eigenvalue weighted by Crippen LogP contribution is 2.35. The van der Waals surface area contributed by atoms with E-state index in [0.29, 0.717) is 0 Å². The molecule has 0 amide bonds. The van der Waals surface area contributed by atoms with Gasteiger partial charge in [0, 0.05) is 6.07 Å². The quantitative estimate of drug-likeness (QED) is 0.718. The minimum absolute atomic E-state index is 0.283. The van der Waals surface area contributed by atoms with E-state index >= 15 is 0 Å². The fourth-order valence-corrected chi connectivity index (χ4v) is 0.977. The molecule has 0 atom stereocenters. The standard InChI is InChI=1S/C8H9F2NO2/c1-12-7-4(9)3-5(11)6(10)8(7)13-2/h3H,11H2,1-2H3. The van der Waals surface area contributed by atoms with Crippen molar-refractivity contribution < 1.29 is 18.3 Å². The van der Waals surface area contributed by atoms with Crippen molar-refractivity contribution in [3.05, 3.63) is 17.7 Å². The van der Waals surface area contributed by atoms with Gasteiger partial charge in [0.15, 0.2) is 17.4 Å². The van der Waals surface area contributed by atoms with Crippen molar-refractivity contribution in [2.75, 3.05) is 20.0 Å². The zero-order chi connectivity index (χ0) is 10.0. The van der Waals surface area contributed by atoms with Gasteiger partial charge in [0.25, 0.3) is 0 Å². The van der Waals surface area contributed by atoms with Crippen LogP contribution >= 0.6 is 0 Å². The van der Waals surface area contributed by atoms with E-state index in [0.717, 1.165) is 6.07 Å². The minimum atomic E-state index is -0.819. The maximum atomic E-state index is 13.1. The molecule has 5 heteroatoms. The molecule has 0 unspecified atom stereocenters. The minimum Gasteiger partial charge on any atom is -0.490 e. The van der Waals surface area contributed by atoms with Crippen LogP contribution in [-0.4, -0.2) is 14.2 Å². The van der Waals surface area contributed by atoms with Gasteiger partial charge in [-0.1, -0.05) is 0 Å². The van der Waals surface area contributed by atoms with Crippen molar-refractivity contribution in [2.24, 2.45) is 0 Å². The van der Waals surface area contributed by atoms with Gasteiger partial charge in [-0.25, -0.2) is 8.78 Å². The Morgan fingerprint density at radius 2 is 1.69 bits per heavy atom. The summed E-state index contributed by atoms with van der Waals surface area (Å²) < 4.78 is 35.4. The van der Waals surface area contributed by atoms with Crippen LogP contribution < -0.4 is 15.2 Å². The van der Waals surface area contributed by atoms with E-state index in [1.807, 2.05) is 0 Å². The molecule has 0 saturated heterocycles. The molecule has 3 nitrogen and oxygen atoms in total. The number of halogens is 2. The number of methoxy groups -OCH3 is 2. The summed E-state index contributed by atoms with van der Waals surface area (Å²) >= 11 is 0. The normalized spacial score (nSPS) is 9.85. The van der Waals surface area contributed by atoms with Crippen LogP contribution in [0, 0.1) is 11.6 Å². The van der Waals surface area contributed by atoms with Crippen molar-refractivity contribution in [1.82, 2.24) is 0 Å². The summed E-state index contributed by atoms with van der Waals surface area (Å²) in [6, 6.07) is 0.844. The topological polar surface area (TPSA) is 44.5 Å². The third-order valence-electron chi connectivity index (χ3n) is 1.57. The molecule has 1 rings (SSSR count). The Morgan fingerprint density at radius 1 is 1.15 bits per heavy atom. The summed E-state index contributed by atoms with van der Waals surface area (Å²) in [6.07, 6.45) is 0. The Kier molecular flexibility index (Phi) is 2.55. The monoisotopic (exact) mass is 189 g/mol. The first-order chi connectivity index (χ1) is 6.11. The maximum absolute atomic E-state index is 13.1. The van der Waals surface area contributed by atoms with Gasteiger partial charge in [-0.05, 0) is 0 Å². The zero-order valence-corrected chi connectivity index (χ0v) is 7.23. The van der Waals surface area contributed by atoms with E-state index in [4.69, 9.17) is 5.73 Å². The predicted molar refractivity (Wildman–Crippen MR) is 43.9 cm³/mol. The Balaban J connectivity index is 3.41. The van der Waals surface area contributed by atoms with E-state index in [1.165, 1.54) is 14.2 Å². The Labute approximate surface area is 74.1 Å². The molecule has 0 aromatic heterocycles. The second-order valence-electron chi connectivity index (χ2n) is 2.33. The highest BCUT2D eigenvalue weighted by Gasteiger charge is 2.18. The lowest BCUT2D eigenvalue weighted by atomic mass is 10.2. The molecule has 0 heterocycles. The second kappa shape index (κ2) is 3.47. The molecule has 2 N–H and O–H groups in total. The molecule has 72 valence electrons. The molecule has 0 aliphatic heterocycles. The van der Waals surface area contributed by atoms with Crippen LogP contribution in [0.1, 0.15) is 0 Å². The van der Waals surface area contributed by atoms with E-state index in [2.05, 4.69) is 9.47 Å². The largest absolute Gasteiger partial charge is 0.490 e. The lowest BCUT2D eigenvalue weighted by Gasteiger charge is -2.10. The molecular formula is C8H9F2NO2. The molecule has 0 bridgehead atoms. The molecule has 0 spiro atoms. The van der Waals surface area contributed by atoms with Gasteiger partial charge in [-0.15, -0.1) is 0 Å². The molecule has 1 aromatic rings. The first-order valence-corrected chi connectivity index (χ1v) is 3.47. The second-order valence-corrected chi connectivity index (χ2v) is 2.33. The lowest BCUT2D eigenvalue weighted by molar-refractivity contribution is 0.323. The maximum Gasteiger partial charge on any atom is 0.202 e. The van der Waals surface area contributed by atoms with Gasteiger partial charge >= 0.3 is 0 Å². The van der Waals surface area contributed by atoms with Crippen molar-refractivity contribution in [3.63, 3.8) is 0 Å². The van der Waals surface area contributed by atoms with Crippen LogP contribution in [0.4, 0.5) is 14.5 Å². The van der Waals surface area contributed by atoms with Gasteiger partial charge in [0.1, 0.15) is 0 Å². The molecule has 0 saturated carbocycles. The van der Waals surface area contributed by atoms with Crippen LogP contribution in [0.25, 0.3) is 0 Å². The smallest absolute Gasteiger partial charge is 0.202 e. The number of benzene rings is 1. The first kappa shape index (κ1) is 9.57. The van der Waals surface area contributed by atoms with Gasteiger partial charge < -0.3 is 15.2 Å². The number of hydrogen-bond acceptors (Lipinski definition) is 3. The number of ether oxygens (including phenoxy) is 2. The van der Waals surface area contributed by atoms with Crippen LogP contribution in [-0.2, 0) is 0 Å². The molecule has 0 aliphatic rings.